The van der Waals surface area contributed by atoms with Crippen LogP contribution in [0.1, 0.15) is 39.0 Å². The summed E-state index contributed by atoms with van der Waals surface area (Å²) >= 11 is 0. The molecule has 88 valence electrons. The smallest absolute Gasteiger partial charge is 0.233 e. The first-order valence-corrected chi connectivity index (χ1v) is 6.02. The Morgan fingerprint density at radius 3 is 2.56 bits per heavy atom. The molecule has 1 aliphatic heterocycles. The lowest BCUT2D eigenvalue weighted by Crippen LogP contribution is -2.32. The summed E-state index contributed by atoms with van der Waals surface area (Å²) in [6, 6.07) is 0. The molecule has 2 aliphatic rings. The van der Waals surface area contributed by atoms with Crippen molar-refractivity contribution in [3.8, 4) is 0 Å². The van der Waals surface area contributed by atoms with E-state index in [1.807, 2.05) is 6.92 Å². The van der Waals surface area contributed by atoms with Crippen molar-refractivity contribution in [3.05, 3.63) is 0 Å². The van der Waals surface area contributed by atoms with Crippen LogP contribution in [0.2, 0.25) is 0 Å². The van der Waals surface area contributed by atoms with Crippen LogP contribution < -0.4 is 0 Å². The topological polar surface area (TPSA) is 54.5 Å². The van der Waals surface area contributed by atoms with E-state index in [1.165, 1.54) is 4.90 Å². The fraction of sp³-hybridized carbons (Fsp3) is 0.750. The van der Waals surface area contributed by atoms with Crippen molar-refractivity contribution < 1.29 is 14.4 Å². The van der Waals surface area contributed by atoms with Crippen molar-refractivity contribution in [1.82, 2.24) is 4.90 Å². The number of rotatable bonds is 3. The summed E-state index contributed by atoms with van der Waals surface area (Å²) in [6.45, 7) is 2.55. The van der Waals surface area contributed by atoms with Crippen LogP contribution in [0.4, 0.5) is 0 Å². The molecule has 0 aromatic heterocycles. The number of carbonyl (C=O) groups excluding carboxylic acids is 3. The maximum atomic E-state index is 12.0. The molecule has 4 heteroatoms. The Bertz CT molecular complexity index is 337. The highest BCUT2D eigenvalue weighted by molar-refractivity contribution is 6.07. The fourth-order valence-corrected chi connectivity index (χ4v) is 2.61. The van der Waals surface area contributed by atoms with E-state index >= 15 is 0 Å². The molecular formula is C12H17NO3. The minimum Gasteiger partial charge on any atom is -0.300 e. The highest BCUT2D eigenvalue weighted by Crippen LogP contribution is 2.36. The second-order valence-electron chi connectivity index (χ2n) is 4.68. The zero-order valence-electron chi connectivity index (χ0n) is 9.57. The van der Waals surface area contributed by atoms with Gasteiger partial charge in [0.15, 0.2) is 0 Å². The van der Waals surface area contributed by atoms with Crippen LogP contribution >= 0.6 is 0 Å². The van der Waals surface area contributed by atoms with E-state index in [1.54, 1.807) is 0 Å². The lowest BCUT2D eigenvalue weighted by molar-refractivity contribution is -0.140. The number of hydrogen-bond acceptors (Lipinski definition) is 3. The predicted molar refractivity (Wildman–Crippen MR) is 57.5 cm³/mol. The molecule has 2 atom stereocenters. The van der Waals surface area contributed by atoms with Crippen molar-refractivity contribution in [2.75, 3.05) is 6.54 Å². The number of likely N-dealkylation sites (tertiary alicyclic amines) is 1. The van der Waals surface area contributed by atoms with E-state index in [9.17, 15) is 14.4 Å². The van der Waals surface area contributed by atoms with Crippen LogP contribution in [-0.2, 0) is 14.4 Å². The Hall–Kier alpha value is -1.19. The van der Waals surface area contributed by atoms with E-state index in [-0.39, 0.29) is 35.9 Å². The molecule has 2 fully saturated rings. The molecule has 16 heavy (non-hydrogen) atoms. The number of amides is 2. The Kier molecular flexibility index (Phi) is 3.08. The van der Waals surface area contributed by atoms with Crippen LogP contribution in [0.25, 0.3) is 0 Å². The average molecular weight is 223 g/mol. The lowest BCUT2D eigenvalue weighted by Gasteiger charge is -2.18. The van der Waals surface area contributed by atoms with Crippen LogP contribution in [-0.4, -0.2) is 29.0 Å². The van der Waals surface area contributed by atoms with E-state index in [2.05, 4.69) is 0 Å². The number of carbonyl (C=O) groups is 3. The molecule has 1 heterocycles. The Balaban J connectivity index is 2.11. The van der Waals surface area contributed by atoms with Gasteiger partial charge in [-0.25, -0.2) is 0 Å². The molecule has 1 aliphatic carbocycles. The van der Waals surface area contributed by atoms with Gasteiger partial charge in [0, 0.05) is 19.4 Å². The third-order valence-corrected chi connectivity index (χ3v) is 3.57. The van der Waals surface area contributed by atoms with Crippen molar-refractivity contribution in [2.24, 2.45) is 11.8 Å². The molecule has 4 nitrogen and oxygen atoms in total. The van der Waals surface area contributed by atoms with Gasteiger partial charge < -0.3 is 0 Å². The van der Waals surface area contributed by atoms with Crippen LogP contribution in [0.15, 0.2) is 0 Å². The summed E-state index contributed by atoms with van der Waals surface area (Å²) in [5.41, 5.74) is 0. The normalized spacial score (nSPS) is 29.8. The summed E-state index contributed by atoms with van der Waals surface area (Å²) < 4.78 is 0. The summed E-state index contributed by atoms with van der Waals surface area (Å²) in [4.78, 5) is 36.6. The zero-order chi connectivity index (χ0) is 11.7. The van der Waals surface area contributed by atoms with Gasteiger partial charge in [-0.3, -0.25) is 19.3 Å². The van der Waals surface area contributed by atoms with Crippen LogP contribution in [0.3, 0.4) is 0 Å². The highest BCUT2D eigenvalue weighted by atomic mass is 16.2. The third kappa shape index (κ3) is 1.77. The predicted octanol–water partition coefficient (Wildman–Crippen LogP) is 1.14. The molecule has 1 saturated carbocycles. The Morgan fingerprint density at radius 2 is 1.88 bits per heavy atom. The molecular weight excluding hydrogens is 206 g/mol. The quantitative estimate of drug-likeness (QED) is 0.674. The van der Waals surface area contributed by atoms with Crippen molar-refractivity contribution in [2.45, 2.75) is 39.0 Å². The van der Waals surface area contributed by atoms with Crippen LogP contribution in [0.5, 0.6) is 0 Å². The largest absolute Gasteiger partial charge is 0.300 e. The number of unbranched alkanes of at least 4 members (excludes halogenated alkanes) is 1. The maximum absolute atomic E-state index is 12.0. The molecule has 0 spiro atoms. The Labute approximate surface area is 95.0 Å². The Morgan fingerprint density at radius 1 is 1.19 bits per heavy atom. The van der Waals surface area contributed by atoms with Gasteiger partial charge in [0.1, 0.15) is 5.78 Å². The van der Waals surface area contributed by atoms with E-state index in [0.29, 0.717) is 19.4 Å². The second-order valence-corrected chi connectivity index (χ2v) is 4.68. The number of nitrogens with zero attached hydrogens (tertiary/aromatic N) is 1. The maximum Gasteiger partial charge on any atom is 0.233 e. The standard InChI is InChI=1S/C12H17NO3/c1-2-3-6-13-11(15)9-5-4-8(14)7-10(9)12(13)16/h9-10H,2-7H2,1H3/t9-,10-/m1/s1. The lowest BCUT2D eigenvalue weighted by atomic mass is 9.80. The summed E-state index contributed by atoms with van der Waals surface area (Å²) in [7, 11) is 0. The molecule has 0 N–H and O–H groups in total. The SMILES string of the molecule is CCCCN1C(=O)[C@@H]2CCC(=O)C[C@H]2C1=O. The average Bonchev–Trinajstić information content (AvgIpc) is 2.50. The van der Waals surface area contributed by atoms with Gasteiger partial charge in [0.05, 0.1) is 11.8 Å². The van der Waals surface area contributed by atoms with Gasteiger partial charge in [0.25, 0.3) is 0 Å². The van der Waals surface area contributed by atoms with Gasteiger partial charge in [-0.15, -0.1) is 0 Å². The number of Topliss-reactive ketones (excluding diaryl/α,β-unsaturated/α-hetero) is 1. The van der Waals surface area contributed by atoms with E-state index in [0.717, 1.165) is 12.8 Å². The van der Waals surface area contributed by atoms with Gasteiger partial charge in [-0.2, -0.15) is 0 Å². The first kappa shape index (κ1) is 11.3. The minimum atomic E-state index is -0.342. The third-order valence-electron chi connectivity index (χ3n) is 3.57. The molecule has 2 rings (SSSR count). The number of ketones is 1. The summed E-state index contributed by atoms with van der Waals surface area (Å²) in [5.74, 6) is -0.583. The van der Waals surface area contributed by atoms with Gasteiger partial charge >= 0.3 is 0 Å². The van der Waals surface area contributed by atoms with Gasteiger partial charge in [0.2, 0.25) is 11.8 Å². The molecule has 0 aromatic carbocycles. The minimum absolute atomic E-state index is 0.0454. The highest BCUT2D eigenvalue weighted by Gasteiger charge is 2.49. The van der Waals surface area contributed by atoms with Gasteiger partial charge in [-0.1, -0.05) is 13.3 Å². The molecule has 0 aromatic rings. The molecule has 2 amide bonds. The first-order valence-electron chi connectivity index (χ1n) is 6.02. The van der Waals surface area contributed by atoms with Crippen LogP contribution in [0, 0.1) is 11.8 Å². The van der Waals surface area contributed by atoms with Crippen molar-refractivity contribution in [1.29, 1.82) is 0 Å². The van der Waals surface area contributed by atoms with Crippen molar-refractivity contribution in [3.63, 3.8) is 0 Å². The number of fused-ring (bicyclic) bond motifs is 1. The first-order chi connectivity index (χ1) is 7.65. The molecule has 0 radical (unpaired) electrons. The number of imide groups is 1. The zero-order valence-corrected chi connectivity index (χ0v) is 9.57. The summed E-state index contributed by atoms with van der Waals surface area (Å²) in [5, 5.41) is 0. The second kappa shape index (κ2) is 4.36. The molecule has 0 bridgehead atoms. The van der Waals surface area contributed by atoms with Gasteiger partial charge in [-0.05, 0) is 12.8 Å². The van der Waals surface area contributed by atoms with E-state index in [4.69, 9.17) is 0 Å². The van der Waals surface area contributed by atoms with Crippen molar-refractivity contribution >= 4 is 17.6 Å². The fourth-order valence-electron chi connectivity index (χ4n) is 2.61. The number of hydrogen-bond donors (Lipinski definition) is 0. The molecule has 0 unspecified atom stereocenters. The monoisotopic (exact) mass is 223 g/mol. The molecule has 1 saturated heterocycles. The summed E-state index contributed by atoms with van der Waals surface area (Å²) in [6.07, 6.45) is 3.12. The van der Waals surface area contributed by atoms with E-state index < -0.39 is 0 Å².